The Morgan fingerprint density at radius 2 is 1.92 bits per heavy atom. The third-order valence-electron chi connectivity index (χ3n) is 3.53. The summed E-state index contributed by atoms with van der Waals surface area (Å²) in [7, 11) is -2.42. The molecular formula is C17H20N2O5S2. The van der Waals surface area contributed by atoms with Gasteiger partial charge >= 0.3 is 5.97 Å². The minimum atomic E-state index is -3.65. The second kappa shape index (κ2) is 8.81. The van der Waals surface area contributed by atoms with E-state index in [4.69, 9.17) is 4.74 Å². The molecule has 9 heteroatoms. The van der Waals surface area contributed by atoms with Gasteiger partial charge in [0.05, 0.1) is 37.6 Å². The first-order valence-electron chi connectivity index (χ1n) is 7.77. The van der Waals surface area contributed by atoms with E-state index < -0.39 is 16.0 Å². The van der Waals surface area contributed by atoms with E-state index in [-0.39, 0.29) is 36.7 Å². The predicted molar refractivity (Wildman–Crippen MR) is 101 cm³/mol. The van der Waals surface area contributed by atoms with E-state index in [1.807, 2.05) is 17.5 Å². The summed E-state index contributed by atoms with van der Waals surface area (Å²) in [5, 5.41) is 4.59. The van der Waals surface area contributed by atoms with Crippen molar-refractivity contribution in [3.05, 3.63) is 52.2 Å². The molecule has 26 heavy (non-hydrogen) atoms. The Morgan fingerprint density at radius 3 is 2.54 bits per heavy atom. The topological polar surface area (TPSA) is 92.8 Å². The van der Waals surface area contributed by atoms with Crippen LogP contribution in [0.4, 0.5) is 5.69 Å². The lowest BCUT2D eigenvalue weighted by molar-refractivity contribution is -0.120. The van der Waals surface area contributed by atoms with E-state index in [1.165, 1.54) is 30.6 Å². The monoisotopic (exact) mass is 396 g/mol. The van der Waals surface area contributed by atoms with Crippen LogP contribution in [-0.2, 0) is 26.0 Å². The predicted octanol–water partition coefficient (Wildman–Crippen LogP) is 1.66. The number of rotatable bonds is 8. The highest BCUT2D eigenvalue weighted by Gasteiger charge is 2.23. The number of amides is 1. The van der Waals surface area contributed by atoms with Gasteiger partial charge in [0, 0.05) is 11.4 Å². The summed E-state index contributed by atoms with van der Waals surface area (Å²) in [6.07, 6.45) is 1.30. The molecule has 0 saturated heterocycles. The summed E-state index contributed by atoms with van der Waals surface area (Å²) in [6.45, 7) is 0.121. The van der Waals surface area contributed by atoms with Crippen molar-refractivity contribution < 1.29 is 22.7 Å². The van der Waals surface area contributed by atoms with Crippen LogP contribution in [0.1, 0.15) is 15.2 Å². The van der Waals surface area contributed by atoms with Crippen LogP contribution in [0.25, 0.3) is 0 Å². The Bertz CT molecular complexity index is 863. The average Bonchev–Trinajstić information content (AvgIpc) is 3.10. The van der Waals surface area contributed by atoms with Gasteiger partial charge in [-0.05, 0) is 23.6 Å². The van der Waals surface area contributed by atoms with Gasteiger partial charge in [-0.1, -0.05) is 18.2 Å². The number of hydrogen-bond donors (Lipinski definition) is 1. The highest BCUT2D eigenvalue weighted by atomic mass is 32.2. The average molecular weight is 396 g/mol. The van der Waals surface area contributed by atoms with E-state index in [2.05, 4.69) is 5.32 Å². The lowest BCUT2D eigenvalue weighted by Crippen LogP contribution is -2.39. The molecule has 0 unspecified atom stereocenters. The Labute approximate surface area is 156 Å². The van der Waals surface area contributed by atoms with Crippen molar-refractivity contribution in [2.75, 3.05) is 30.8 Å². The van der Waals surface area contributed by atoms with Crippen molar-refractivity contribution >= 4 is 38.9 Å². The van der Waals surface area contributed by atoms with Crippen molar-refractivity contribution in [3.8, 4) is 0 Å². The fourth-order valence-electron chi connectivity index (χ4n) is 2.37. The molecule has 2 aromatic rings. The van der Waals surface area contributed by atoms with Gasteiger partial charge in [0.15, 0.2) is 0 Å². The van der Waals surface area contributed by atoms with Gasteiger partial charge in [-0.15, -0.1) is 11.3 Å². The standard InChI is InChI=1S/C17H20N2O5S2/c1-24-17(21)14-7-3-4-8-15(14)19(26(2,22)23)10-9-18-16(20)12-13-6-5-11-25-13/h3-8,11H,9-10,12H2,1-2H3,(H,18,20). The molecule has 0 aliphatic rings. The fourth-order valence-corrected chi connectivity index (χ4v) is 4.01. The van der Waals surface area contributed by atoms with Gasteiger partial charge in [-0.3, -0.25) is 9.10 Å². The maximum atomic E-state index is 12.2. The summed E-state index contributed by atoms with van der Waals surface area (Å²) in [5.41, 5.74) is 0.361. The van der Waals surface area contributed by atoms with Gasteiger partial charge in [0.25, 0.3) is 0 Å². The second-order valence-electron chi connectivity index (χ2n) is 5.45. The van der Waals surface area contributed by atoms with Crippen LogP contribution in [0.5, 0.6) is 0 Å². The van der Waals surface area contributed by atoms with Crippen molar-refractivity contribution in [1.29, 1.82) is 0 Å². The highest BCUT2D eigenvalue weighted by Crippen LogP contribution is 2.23. The Balaban J connectivity index is 2.10. The van der Waals surface area contributed by atoms with E-state index >= 15 is 0 Å². The number of esters is 1. The zero-order valence-corrected chi connectivity index (χ0v) is 16.1. The summed E-state index contributed by atoms with van der Waals surface area (Å²) < 4.78 is 30.2. The molecule has 0 aliphatic heterocycles. The number of thiophene rings is 1. The van der Waals surface area contributed by atoms with E-state index in [0.717, 1.165) is 15.4 Å². The molecule has 0 fully saturated rings. The number of hydrogen-bond acceptors (Lipinski definition) is 6. The molecule has 0 saturated carbocycles. The lowest BCUT2D eigenvalue weighted by Gasteiger charge is -2.24. The lowest BCUT2D eigenvalue weighted by atomic mass is 10.2. The second-order valence-corrected chi connectivity index (χ2v) is 8.39. The maximum Gasteiger partial charge on any atom is 0.340 e. The van der Waals surface area contributed by atoms with Crippen LogP contribution in [0, 0.1) is 0 Å². The van der Waals surface area contributed by atoms with Gasteiger partial charge in [0.1, 0.15) is 0 Å². The fraction of sp³-hybridized carbons (Fsp3) is 0.294. The number of anilines is 1. The van der Waals surface area contributed by atoms with Gasteiger partial charge < -0.3 is 10.1 Å². The number of para-hydroxylation sites is 1. The molecule has 7 nitrogen and oxygen atoms in total. The number of benzene rings is 1. The maximum absolute atomic E-state index is 12.2. The molecular weight excluding hydrogens is 376 g/mol. The molecule has 0 radical (unpaired) electrons. The Kier molecular flexibility index (Phi) is 6.76. The third-order valence-corrected chi connectivity index (χ3v) is 5.59. The first-order chi connectivity index (χ1) is 12.3. The minimum absolute atomic E-state index is 0.00300. The molecule has 1 aromatic heterocycles. The third kappa shape index (κ3) is 5.30. The Morgan fingerprint density at radius 1 is 1.19 bits per heavy atom. The van der Waals surface area contributed by atoms with E-state index in [0.29, 0.717) is 0 Å². The van der Waals surface area contributed by atoms with Crippen molar-refractivity contribution in [3.63, 3.8) is 0 Å². The smallest absolute Gasteiger partial charge is 0.340 e. The van der Waals surface area contributed by atoms with Crippen molar-refractivity contribution in [1.82, 2.24) is 5.32 Å². The zero-order chi connectivity index (χ0) is 19.2. The van der Waals surface area contributed by atoms with Crippen molar-refractivity contribution in [2.45, 2.75) is 6.42 Å². The van der Waals surface area contributed by atoms with Crippen LogP contribution in [0.15, 0.2) is 41.8 Å². The summed E-state index contributed by atoms with van der Waals surface area (Å²) in [4.78, 5) is 24.8. The summed E-state index contributed by atoms with van der Waals surface area (Å²) in [5.74, 6) is -0.821. The normalized spacial score (nSPS) is 11.0. The number of nitrogens with zero attached hydrogens (tertiary/aromatic N) is 1. The highest BCUT2D eigenvalue weighted by molar-refractivity contribution is 7.92. The molecule has 1 aromatic carbocycles. The molecule has 2 rings (SSSR count). The quantitative estimate of drug-likeness (QED) is 0.685. The number of sulfonamides is 1. The first kappa shape index (κ1) is 19.9. The van der Waals surface area contributed by atoms with Crippen LogP contribution in [0.2, 0.25) is 0 Å². The summed E-state index contributed by atoms with van der Waals surface area (Å²) >= 11 is 1.48. The van der Waals surface area contributed by atoms with Crippen LogP contribution in [0.3, 0.4) is 0 Å². The van der Waals surface area contributed by atoms with Gasteiger partial charge in [-0.2, -0.15) is 0 Å². The van der Waals surface area contributed by atoms with Crippen molar-refractivity contribution in [2.24, 2.45) is 0 Å². The zero-order valence-electron chi connectivity index (χ0n) is 14.5. The van der Waals surface area contributed by atoms with Gasteiger partial charge in [-0.25, -0.2) is 13.2 Å². The van der Waals surface area contributed by atoms with Crippen LogP contribution >= 0.6 is 11.3 Å². The number of ether oxygens (including phenoxy) is 1. The molecule has 0 spiro atoms. The van der Waals surface area contributed by atoms with E-state index in [9.17, 15) is 18.0 Å². The molecule has 0 atom stereocenters. The molecule has 0 bridgehead atoms. The van der Waals surface area contributed by atoms with Crippen LogP contribution in [-0.4, -0.2) is 46.7 Å². The minimum Gasteiger partial charge on any atom is -0.465 e. The number of carbonyl (C=O) groups is 2. The molecule has 1 N–H and O–H groups in total. The molecule has 1 heterocycles. The summed E-state index contributed by atoms with van der Waals surface area (Å²) in [6, 6.07) is 10.0. The largest absolute Gasteiger partial charge is 0.465 e. The molecule has 140 valence electrons. The van der Waals surface area contributed by atoms with Gasteiger partial charge in [0.2, 0.25) is 15.9 Å². The Hall–Kier alpha value is -2.39. The first-order valence-corrected chi connectivity index (χ1v) is 10.5. The van der Waals surface area contributed by atoms with Crippen LogP contribution < -0.4 is 9.62 Å². The SMILES string of the molecule is COC(=O)c1ccccc1N(CCNC(=O)Cc1cccs1)S(C)(=O)=O. The number of nitrogens with one attached hydrogen (secondary N) is 1. The van der Waals surface area contributed by atoms with E-state index in [1.54, 1.807) is 12.1 Å². The number of carbonyl (C=O) groups excluding carboxylic acids is 2. The molecule has 1 amide bonds. The number of methoxy groups -OCH3 is 1. The molecule has 0 aliphatic carbocycles.